The predicted octanol–water partition coefficient (Wildman–Crippen LogP) is 6.18. The molecule has 1 atom stereocenters. The molecule has 0 radical (unpaired) electrons. The second-order valence-electron chi connectivity index (χ2n) is 8.49. The molecule has 4 aromatic carbocycles. The summed E-state index contributed by atoms with van der Waals surface area (Å²) in [7, 11) is 1.62. The van der Waals surface area contributed by atoms with Gasteiger partial charge in [0.25, 0.3) is 11.6 Å². The van der Waals surface area contributed by atoms with E-state index in [1.165, 1.54) is 24.3 Å². The number of para-hydroxylation sites is 1. The molecule has 1 amide bonds. The van der Waals surface area contributed by atoms with Crippen LogP contribution in [0.1, 0.15) is 38.5 Å². The fraction of sp³-hybridized carbons (Fsp3) is 0.107. The number of hydrogen-bond acceptors (Lipinski definition) is 5. The van der Waals surface area contributed by atoms with Crippen LogP contribution in [-0.4, -0.2) is 17.9 Å². The first-order valence-corrected chi connectivity index (χ1v) is 11.6. The van der Waals surface area contributed by atoms with Crippen molar-refractivity contribution in [2.45, 2.75) is 12.5 Å². The van der Waals surface area contributed by atoms with Gasteiger partial charge in [-0.05, 0) is 59.2 Å². The van der Waals surface area contributed by atoms with Crippen LogP contribution >= 0.6 is 11.6 Å². The molecule has 0 saturated heterocycles. The maximum atomic E-state index is 13.8. The number of halogens is 1. The summed E-state index contributed by atoms with van der Waals surface area (Å²) in [5, 5.41) is 11.6. The number of hydrogen-bond donors (Lipinski definition) is 1. The second-order valence-corrected chi connectivity index (χ2v) is 8.93. The van der Waals surface area contributed by atoms with Gasteiger partial charge >= 0.3 is 0 Å². The van der Waals surface area contributed by atoms with E-state index in [9.17, 15) is 14.9 Å². The number of nitrogens with zero attached hydrogens (tertiary/aromatic N) is 2. The number of anilines is 2. The number of fused-ring (bicyclic) bond motifs is 2. The fourth-order valence-electron chi connectivity index (χ4n) is 4.81. The fourth-order valence-corrected chi connectivity index (χ4v) is 4.99. The largest absolute Gasteiger partial charge is 0.496 e. The third-order valence-electron chi connectivity index (χ3n) is 6.46. The van der Waals surface area contributed by atoms with E-state index in [4.69, 9.17) is 22.1 Å². The van der Waals surface area contributed by atoms with Gasteiger partial charge in [-0.1, -0.05) is 41.9 Å². The Balaban J connectivity index is 1.76. The summed E-state index contributed by atoms with van der Waals surface area (Å²) in [6, 6.07) is 24.4. The highest BCUT2D eigenvalue weighted by molar-refractivity contribution is 6.30. The second kappa shape index (κ2) is 9.36. The number of benzene rings is 4. The van der Waals surface area contributed by atoms with Crippen molar-refractivity contribution in [3.8, 4) is 5.75 Å². The number of ether oxygens (including phenoxy) is 1. The van der Waals surface area contributed by atoms with Gasteiger partial charge in [-0.25, -0.2) is 0 Å². The molecule has 7 nitrogen and oxygen atoms in total. The Hall–Kier alpha value is -4.36. The Morgan fingerprint density at radius 3 is 2.47 bits per heavy atom. The van der Waals surface area contributed by atoms with Crippen LogP contribution in [0.2, 0.25) is 5.02 Å². The van der Waals surface area contributed by atoms with Gasteiger partial charge in [-0.3, -0.25) is 14.9 Å². The van der Waals surface area contributed by atoms with Gasteiger partial charge in [0.1, 0.15) is 5.75 Å². The smallest absolute Gasteiger partial charge is 0.269 e. The Labute approximate surface area is 212 Å². The van der Waals surface area contributed by atoms with E-state index in [1.807, 2.05) is 54.6 Å². The van der Waals surface area contributed by atoms with Crippen molar-refractivity contribution in [2.75, 3.05) is 17.7 Å². The highest BCUT2D eigenvalue weighted by atomic mass is 35.5. The zero-order valence-electron chi connectivity index (χ0n) is 19.4. The van der Waals surface area contributed by atoms with Gasteiger partial charge in [0.05, 0.1) is 18.6 Å². The normalized spacial score (nSPS) is 14.4. The first-order chi connectivity index (χ1) is 17.4. The lowest BCUT2D eigenvalue weighted by atomic mass is 9.81. The topological polar surface area (TPSA) is 98.7 Å². The molecule has 0 bridgehead atoms. The molecule has 0 aliphatic carbocycles. The number of carbonyl (C=O) groups excluding carboxylic acids is 1. The molecule has 180 valence electrons. The molecule has 4 aromatic rings. The molecule has 36 heavy (non-hydrogen) atoms. The van der Waals surface area contributed by atoms with E-state index < -0.39 is 4.92 Å². The number of nitrogen functional groups attached to an aromatic ring is 1. The number of non-ortho nitro benzene ring substituents is 1. The average Bonchev–Trinajstić information content (AvgIpc) is 3.03. The van der Waals surface area contributed by atoms with Crippen LogP contribution in [0, 0.1) is 10.1 Å². The van der Waals surface area contributed by atoms with Crippen molar-refractivity contribution in [1.29, 1.82) is 0 Å². The van der Waals surface area contributed by atoms with Crippen molar-refractivity contribution in [2.24, 2.45) is 0 Å². The van der Waals surface area contributed by atoms with Crippen LogP contribution in [0.25, 0.3) is 0 Å². The minimum Gasteiger partial charge on any atom is -0.496 e. The summed E-state index contributed by atoms with van der Waals surface area (Å²) >= 11 is 6.48. The van der Waals surface area contributed by atoms with Gasteiger partial charge in [-0.2, -0.15) is 0 Å². The van der Waals surface area contributed by atoms with Gasteiger partial charge < -0.3 is 15.4 Å². The predicted molar refractivity (Wildman–Crippen MR) is 140 cm³/mol. The summed E-state index contributed by atoms with van der Waals surface area (Å²) in [6.45, 7) is 0.264. The van der Waals surface area contributed by atoms with E-state index in [0.29, 0.717) is 27.7 Å². The summed E-state index contributed by atoms with van der Waals surface area (Å²) in [6.07, 6.45) is 0. The molecule has 5 rings (SSSR count). The van der Waals surface area contributed by atoms with Crippen molar-refractivity contribution >= 4 is 34.6 Å². The minimum atomic E-state index is -0.491. The van der Waals surface area contributed by atoms with Gasteiger partial charge in [-0.15, -0.1) is 0 Å². The number of nitrogens with two attached hydrogens (primary N) is 1. The minimum absolute atomic E-state index is 0.0794. The maximum Gasteiger partial charge on any atom is 0.269 e. The van der Waals surface area contributed by atoms with Crippen LogP contribution in [-0.2, 0) is 6.54 Å². The van der Waals surface area contributed by atoms with E-state index >= 15 is 0 Å². The van der Waals surface area contributed by atoms with Crippen molar-refractivity contribution < 1.29 is 14.5 Å². The van der Waals surface area contributed by atoms with Gasteiger partial charge in [0.15, 0.2) is 0 Å². The molecule has 0 saturated carbocycles. The molecule has 0 spiro atoms. The maximum absolute atomic E-state index is 13.8. The highest BCUT2D eigenvalue weighted by Crippen LogP contribution is 2.48. The summed E-state index contributed by atoms with van der Waals surface area (Å²) in [4.78, 5) is 26.1. The summed E-state index contributed by atoms with van der Waals surface area (Å²) < 4.78 is 5.78. The molecular formula is C28H22ClN3O4. The number of nitro benzene ring substituents is 1. The highest BCUT2D eigenvalue weighted by Gasteiger charge is 2.34. The lowest BCUT2D eigenvalue weighted by molar-refractivity contribution is -0.384. The van der Waals surface area contributed by atoms with Crippen LogP contribution in [0.3, 0.4) is 0 Å². The molecule has 1 unspecified atom stereocenters. The average molecular weight is 500 g/mol. The number of rotatable bonds is 4. The third-order valence-corrected chi connectivity index (χ3v) is 6.70. The standard InChI is InChI=1S/C28H22ClN3O4/c1-36-25-8-4-5-18-16-31(28(33)17-9-12-20(13-10-17)32(34)35)24-14-11-19(29)15-22(24)27(26(18)25)21-6-2-3-7-23(21)30/h2-15,27H,16,30H2,1H3. The number of amides is 1. The molecule has 8 heteroatoms. The van der Waals surface area contributed by atoms with Crippen LogP contribution in [0.4, 0.5) is 17.1 Å². The van der Waals surface area contributed by atoms with Crippen molar-refractivity contribution in [3.63, 3.8) is 0 Å². The van der Waals surface area contributed by atoms with Gasteiger partial charge in [0.2, 0.25) is 0 Å². The molecule has 1 aliphatic rings. The van der Waals surface area contributed by atoms with E-state index in [0.717, 1.165) is 22.3 Å². The zero-order chi connectivity index (χ0) is 25.4. The third kappa shape index (κ3) is 4.03. The SMILES string of the molecule is COc1cccc2c1C(c1ccccc1N)c1cc(Cl)ccc1N(C(=O)c1ccc([N+](=O)[O-])cc1)C2. The first kappa shape index (κ1) is 23.4. The van der Waals surface area contributed by atoms with E-state index in [1.54, 1.807) is 18.1 Å². The van der Waals surface area contributed by atoms with E-state index in [-0.39, 0.29) is 24.1 Å². The molecule has 2 N–H and O–H groups in total. The molecule has 1 aliphatic heterocycles. The monoisotopic (exact) mass is 499 g/mol. The summed E-state index contributed by atoms with van der Waals surface area (Å²) in [5.74, 6) is 0.0425. The molecule has 1 heterocycles. The Kier molecular flexibility index (Phi) is 6.08. The van der Waals surface area contributed by atoms with Crippen LogP contribution < -0.4 is 15.4 Å². The Bertz CT molecular complexity index is 1490. The van der Waals surface area contributed by atoms with Crippen LogP contribution in [0.5, 0.6) is 5.75 Å². The van der Waals surface area contributed by atoms with E-state index in [2.05, 4.69) is 0 Å². The Morgan fingerprint density at radius 2 is 1.78 bits per heavy atom. The lowest BCUT2D eigenvalue weighted by Gasteiger charge is -2.25. The molecule has 0 aromatic heterocycles. The number of methoxy groups -OCH3 is 1. The molecular weight excluding hydrogens is 478 g/mol. The zero-order valence-corrected chi connectivity index (χ0v) is 20.1. The van der Waals surface area contributed by atoms with Crippen molar-refractivity contribution in [3.05, 3.63) is 128 Å². The van der Waals surface area contributed by atoms with Gasteiger partial charge in [0, 0.05) is 45.6 Å². The number of carbonyl (C=O) groups is 1. The molecule has 0 fully saturated rings. The number of nitro groups is 1. The van der Waals surface area contributed by atoms with Crippen molar-refractivity contribution in [1.82, 2.24) is 0 Å². The summed E-state index contributed by atoms with van der Waals surface area (Å²) in [5.41, 5.74) is 11.5. The first-order valence-electron chi connectivity index (χ1n) is 11.2. The van der Waals surface area contributed by atoms with Crippen LogP contribution in [0.15, 0.2) is 84.9 Å². The lowest BCUT2D eigenvalue weighted by Crippen LogP contribution is -2.30. The Morgan fingerprint density at radius 1 is 1.03 bits per heavy atom. The quantitative estimate of drug-likeness (QED) is 0.205.